The maximum Gasteiger partial charge on any atom is 0.416 e. The zero-order valence-corrected chi connectivity index (χ0v) is 31.0. The van der Waals surface area contributed by atoms with Crippen molar-refractivity contribution in [2.75, 3.05) is 6.54 Å². The van der Waals surface area contributed by atoms with Gasteiger partial charge in [-0.25, -0.2) is 13.4 Å². The van der Waals surface area contributed by atoms with Crippen LogP contribution in [-0.2, 0) is 30.6 Å². The third kappa shape index (κ3) is 8.79. The SMILES string of the molecule is Cc1ccc2c(c1)oc1c(O[C@@H]3C[C@@H](C(N)=O)N(C(=O)CCCCCC/C=C\[C@@H]4C[C@@H]4C(=O)NS(=O)(=O)C4CC4)C3)nc(-c3ccc(C(F)(F)F)cc3)nc12. The third-order valence-corrected chi connectivity index (χ3v) is 12.2. The summed E-state index contributed by atoms with van der Waals surface area (Å²) in [5.41, 5.74) is 7.34. The van der Waals surface area contributed by atoms with Crippen LogP contribution in [0.4, 0.5) is 13.2 Å². The fourth-order valence-corrected chi connectivity index (χ4v) is 8.40. The van der Waals surface area contributed by atoms with E-state index in [-0.39, 0.29) is 54.4 Å². The highest BCUT2D eigenvalue weighted by atomic mass is 32.2. The number of hydrogen-bond acceptors (Lipinski definition) is 9. The zero-order chi connectivity index (χ0) is 39.1. The number of aryl methyl sites for hydroxylation is 1. The molecule has 7 rings (SSSR count). The molecule has 3 aliphatic rings. The highest BCUT2D eigenvalue weighted by Gasteiger charge is 2.45. The molecule has 3 fully saturated rings. The van der Waals surface area contributed by atoms with Gasteiger partial charge in [0.05, 0.1) is 17.4 Å². The highest BCUT2D eigenvalue weighted by Crippen LogP contribution is 2.41. The molecule has 4 aromatic rings. The Morgan fingerprint density at radius 3 is 2.49 bits per heavy atom. The predicted octanol–water partition coefficient (Wildman–Crippen LogP) is 6.35. The van der Waals surface area contributed by atoms with Gasteiger partial charge in [-0.15, -0.1) is 0 Å². The Labute approximate surface area is 315 Å². The fourth-order valence-electron chi connectivity index (χ4n) is 7.04. The van der Waals surface area contributed by atoms with Crippen LogP contribution in [0, 0.1) is 18.8 Å². The van der Waals surface area contributed by atoms with E-state index in [4.69, 9.17) is 14.9 Å². The first kappa shape index (κ1) is 38.3. The molecule has 2 aliphatic carbocycles. The molecule has 1 aliphatic heterocycles. The minimum atomic E-state index is -4.51. The Kier molecular flexibility index (Phi) is 10.6. The van der Waals surface area contributed by atoms with Gasteiger partial charge in [0, 0.05) is 29.7 Å². The van der Waals surface area contributed by atoms with Gasteiger partial charge < -0.3 is 19.8 Å². The van der Waals surface area contributed by atoms with Crippen molar-refractivity contribution in [3.8, 4) is 17.3 Å². The number of nitrogens with zero attached hydrogens (tertiary/aromatic N) is 3. The number of ether oxygens (including phenoxy) is 1. The summed E-state index contributed by atoms with van der Waals surface area (Å²) in [6.07, 6.45) is 4.96. The zero-order valence-electron chi connectivity index (χ0n) is 30.2. The number of amides is 3. The molecule has 2 aromatic carbocycles. The van der Waals surface area contributed by atoms with Crippen molar-refractivity contribution in [1.82, 2.24) is 19.6 Å². The highest BCUT2D eigenvalue weighted by molar-refractivity contribution is 7.90. The van der Waals surface area contributed by atoms with Crippen LogP contribution in [0.3, 0.4) is 0 Å². The normalized spacial score (nSPS) is 21.4. The van der Waals surface area contributed by atoms with Gasteiger partial charge in [0.2, 0.25) is 33.3 Å². The second-order valence-corrected chi connectivity index (χ2v) is 16.7. The number of fused-ring (bicyclic) bond motifs is 3. The number of allylic oxidation sites excluding steroid dienone is 2. The van der Waals surface area contributed by atoms with Gasteiger partial charge in [-0.1, -0.05) is 43.2 Å². The molecule has 0 unspecified atom stereocenters. The molecule has 0 spiro atoms. The first-order valence-electron chi connectivity index (χ1n) is 18.5. The van der Waals surface area contributed by atoms with Crippen molar-refractivity contribution in [3.05, 3.63) is 65.7 Å². The lowest BCUT2D eigenvalue weighted by molar-refractivity contribution is -0.137. The van der Waals surface area contributed by atoms with Crippen LogP contribution in [0.5, 0.6) is 5.88 Å². The van der Waals surface area contributed by atoms with E-state index in [0.29, 0.717) is 47.7 Å². The molecule has 1 saturated heterocycles. The van der Waals surface area contributed by atoms with E-state index in [1.54, 1.807) is 0 Å². The molecule has 292 valence electrons. The Balaban J connectivity index is 0.938. The fraction of sp³-hybridized carbons (Fsp3) is 0.462. The number of aromatic nitrogens is 2. The average molecular weight is 782 g/mol. The number of rotatable bonds is 15. The van der Waals surface area contributed by atoms with E-state index < -0.39 is 51.0 Å². The minimum Gasteiger partial charge on any atom is -0.470 e. The monoisotopic (exact) mass is 781 g/mol. The Morgan fingerprint density at radius 1 is 1.04 bits per heavy atom. The number of benzene rings is 2. The number of primary amides is 1. The number of unbranched alkanes of at least 4 members (excludes halogenated alkanes) is 4. The van der Waals surface area contributed by atoms with E-state index in [2.05, 4.69) is 14.7 Å². The molecule has 3 N–H and O–H groups in total. The Hall–Kier alpha value is -4.99. The maximum atomic E-state index is 13.3. The van der Waals surface area contributed by atoms with Gasteiger partial charge in [-0.3, -0.25) is 19.1 Å². The second kappa shape index (κ2) is 15.3. The van der Waals surface area contributed by atoms with Crippen LogP contribution in [0.2, 0.25) is 0 Å². The summed E-state index contributed by atoms with van der Waals surface area (Å²) in [7, 11) is -3.53. The van der Waals surface area contributed by atoms with Crippen molar-refractivity contribution in [2.24, 2.45) is 17.6 Å². The van der Waals surface area contributed by atoms with E-state index in [9.17, 15) is 36.0 Å². The van der Waals surface area contributed by atoms with Gasteiger partial charge >= 0.3 is 6.18 Å². The topological polar surface area (TPSA) is 175 Å². The molecule has 3 heterocycles. The van der Waals surface area contributed by atoms with E-state index in [1.165, 1.54) is 17.0 Å². The molecule has 2 aromatic heterocycles. The number of carbonyl (C=O) groups is 3. The third-order valence-electron chi connectivity index (χ3n) is 10.4. The number of halogens is 3. The Morgan fingerprint density at radius 2 is 1.78 bits per heavy atom. The molecular formula is C39H42F3N5O7S. The molecule has 2 saturated carbocycles. The summed E-state index contributed by atoms with van der Waals surface area (Å²) < 4.78 is 78.4. The molecule has 0 radical (unpaired) electrons. The summed E-state index contributed by atoms with van der Waals surface area (Å²) in [6, 6.07) is 9.13. The van der Waals surface area contributed by atoms with Crippen LogP contribution in [-0.4, -0.2) is 64.9 Å². The number of furan rings is 1. The van der Waals surface area contributed by atoms with E-state index in [1.807, 2.05) is 37.3 Å². The number of nitrogens with one attached hydrogen (secondary N) is 1. The second-order valence-electron chi connectivity index (χ2n) is 14.7. The average Bonchev–Trinajstić information content (AvgIpc) is 4.06. The first-order valence-corrected chi connectivity index (χ1v) is 20.1. The van der Waals surface area contributed by atoms with Crippen molar-refractivity contribution in [1.29, 1.82) is 0 Å². The van der Waals surface area contributed by atoms with Crippen molar-refractivity contribution in [3.63, 3.8) is 0 Å². The standard InChI is InChI=1S/C39H42F3N5O7S/c1-22-10-17-28-31(18-22)54-34-33(28)44-36(23-11-13-25(14-12-23)39(40,41)42)45-38(34)53-26-20-30(35(43)49)47(21-26)32(48)9-7-5-3-2-4-6-8-24-19-29(24)37(50)46-55(51,52)27-15-16-27/h6,8,10-14,17-18,24,26-27,29-30H,2-5,7,9,15-16,19-21H2,1H3,(H2,43,49)(H,46,50)/b8-6-/t24-,26-,29+,30+/m1/s1. The molecule has 4 atom stereocenters. The minimum absolute atomic E-state index is 0.0345. The lowest BCUT2D eigenvalue weighted by Gasteiger charge is -2.21. The number of sulfonamides is 1. The number of likely N-dealkylation sites (tertiary alicyclic amines) is 1. The summed E-state index contributed by atoms with van der Waals surface area (Å²) in [6.45, 7) is 1.98. The quantitative estimate of drug-likeness (QED) is 0.103. The first-order chi connectivity index (χ1) is 26.2. The van der Waals surface area contributed by atoms with Crippen molar-refractivity contribution < 1.29 is 45.1 Å². The molecule has 0 bridgehead atoms. The predicted molar refractivity (Wildman–Crippen MR) is 197 cm³/mol. The van der Waals surface area contributed by atoms with Gasteiger partial charge in [0.25, 0.3) is 5.88 Å². The number of hydrogen-bond donors (Lipinski definition) is 2. The van der Waals surface area contributed by atoms with Crippen molar-refractivity contribution >= 4 is 49.8 Å². The van der Waals surface area contributed by atoms with Crippen LogP contribution in [0.25, 0.3) is 33.5 Å². The molecule has 55 heavy (non-hydrogen) atoms. The summed E-state index contributed by atoms with van der Waals surface area (Å²) in [5.74, 6) is -1.39. The maximum absolute atomic E-state index is 13.3. The van der Waals surface area contributed by atoms with E-state index >= 15 is 0 Å². The van der Waals surface area contributed by atoms with Crippen LogP contribution in [0.15, 0.2) is 59.0 Å². The van der Waals surface area contributed by atoms with Crippen LogP contribution in [0.1, 0.15) is 75.3 Å². The summed E-state index contributed by atoms with van der Waals surface area (Å²) >= 11 is 0. The molecule has 3 amide bonds. The Bertz CT molecular complexity index is 2250. The van der Waals surface area contributed by atoms with Gasteiger partial charge in [0.15, 0.2) is 5.82 Å². The van der Waals surface area contributed by atoms with E-state index in [0.717, 1.165) is 43.4 Å². The number of alkyl halides is 3. The molecular weight excluding hydrogens is 740 g/mol. The smallest absolute Gasteiger partial charge is 0.416 e. The summed E-state index contributed by atoms with van der Waals surface area (Å²) in [5, 5.41) is 0.234. The summed E-state index contributed by atoms with van der Waals surface area (Å²) in [4.78, 5) is 48.7. The van der Waals surface area contributed by atoms with Gasteiger partial charge in [0.1, 0.15) is 23.2 Å². The van der Waals surface area contributed by atoms with Gasteiger partial charge in [-0.2, -0.15) is 18.2 Å². The van der Waals surface area contributed by atoms with Crippen LogP contribution >= 0.6 is 0 Å². The molecule has 16 heteroatoms. The molecule has 12 nitrogen and oxygen atoms in total. The van der Waals surface area contributed by atoms with Crippen molar-refractivity contribution in [2.45, 2.75) is 94.7 Å². The number of carbonyl (C=O) groups excluding carboxylic acids is 3. The van der Waals surface area contributed by atoms with Gasteiger partial charge in [-0.05, 0) is 81.2 Å². The number of nitrogens with two attached hydrogens (primary N) is 1. The lowest BCUT2D eigenvalue weighted by Crippen LogP contribution is -2.43. The largest absolute Gasteiger partial charge is 0.470 e. The van der Waals surface area contributed by atoms with Crippen LogP contribution < -0.4 is 15.2 Å². The lowest BCUT2D eigenvalue weighted by atomic mass is 10.1.